The van der Waals surface area contributed by atoms with Crippen molar-refractivity contribution in [2.24, 2.45) is 5.73 Å². The predicted molar refractivity (Wildman–Crippen MR) is 52.3 cm³/mol. The molecular formula is C11H12N2O. The summed E-state index contributed by atoms with van der Waals surface area (Å²) in [6, 6.07) is 9.44. The van der Waals surface area contributed by atoms with E-state index in [1.807, 2.05) is 18.2 Å². The second-order valence-corrected chi connectivity index (χ2v) is 3.88. The second-order valence-electron chi connectivity index (χ2n) is 3.88. The van der Waals surface area contributed by atoms with E-state index in [0.29, 0.717) is 18.4 Å². The molecule has 14 heavy (non-hydrogen) atoms. The molecule has 3 N–H and O–H groups in total. The van der Waals surface area contributed by atoms with Gasteiger partial charge >= 0.3 is 0 Å². The lowest BCUT2D eigenvalue weighted by molar-refractivity contribution is 0.0208. The number of hydrogen-bond donors (Lipinski definition) is 2. The summed E-state index contributed by atoms with van der Waals surface area (Å²) in [5.74, 6) is 0. The molecule has 3 heteroatoms. The van der Waals surface area contributed by atoms with E-state index in [1.165, 1.54) is 0 Å². The largest absolute Gasteiger partial charge is 0.393 e. The van der Waals surface area contributed by atoms with Gasteiger partial charge in [0.1, 0.15) is 0 Å². The van der Waals surface area contributed by atoms with E-state index in [2.05, 4.69) is 6.07 Å². The average molecular weight is 188 g/mol. The van der Waals surface area contributed by atoms with Crippen molar-refractivity contribution in [3.8, 4) is 6.07 Å². The van der Waals surface area contributed by atoms with Crippen LogP contribution in [0.1, 0.15) is 24.0 Å². The van der Waals surface area contributed by atoms with Crippen molar-refractivity contribution in [1.29, 1.82) is 5.26 Å². The van der Waals surface area contributed by atoms with Gasteiger partial charge in [0.2, 0.25) is 0 Å². The Kier molecular flexibility index (Phi) is 2.03. The van der Waals surface area contributed by atoms with Crippen LogP contribution in [0, 0.1) is 11.3 Å². The van der Waals surface area contributed by atoms with Gasteiger partial charge in [-0.25, -0.2) is 0 Å². The van der Waals surface area contributed by atoms with Crippen molar-refractivity contribution in [2.45, 2.75) is 24.5 Å². The van der Waals surface area contributed by atoms with Gasteiger partial charge in [-0.3, -0.25) is 0 Å². The van der Waals surface area contributed by atoms with E-state index >= 15 is 0 Å². The van der Waals surface area contributed by atoms with Crippen molar-refractivity contribution in [3.05, 3.63) is 35.4 Å². The molecule has 0 atom stereocenters. The minimum atomic E-state index is -0.494. The minimum Gasteiger partial charge on any atom is -0.393 e. The lowest BCUT2D eigenvalue weighted by atomic mass is 9.69. The summed E-state index contributed by atoms with van der Waals surface area (Å²) < 4.78 is 0. The lowest BCUT2D eigenvalue weighted by Gasteiger charge is -2.43. The van der Waals surface area contributed by atoms with Crippen LogP contribution in [-0.2, 0) is 5.54 Å². The third-order valence-electron chi connectivity index (χ3n) is 2.78. The number of nitrogens with two attached hydrogens (primary N) is 1. The Morgan fingerprint density at radius 1 is 1.43 bits per heavy atom. The van der Waals surface area contributed by atoms with E-state index in [4.69, 9.17) is 11.0 Å². The Bertz CT molecular complexity index is 389. The van der Waals surface area contributed by atoms with Crippen LogP contribution in [0.25, 0.3) is 0 Å². The maximum absolute atomic E-state index is 9.25. The van der Waals surface area contributed by atoms with Crippen LogP contribution in [0.5, 0.6) is 0 Å². The number of rotatable bonds is 1. The first-order valence-electron chi connectivity index (χ1n) is 4.62. The lowest BCUT2D eigenvalue weighted by Crippen LogP contribution is -2.52. The molecule has 1 aromatic carbocycles. The van der Waals surface area contributed by atoms with Crippen molar-refractivity contribution in [1.82, 2.24) is 0 Å². The van der Waals surface area contributed by atoms with Gasteiger partial charge in [-0.15, -0.1) is 0 Å². The van der Waals surface area contributed by atoms with Crippen molar-refractivity contribution in [2.75, 3.05) is 0 Å². The van der Waals surface area contributed by atoms with E-state index in [9.17, 15) is 5.11 Å². The van der Waals surface area contributed by atoms with Crippen molar-refractivity contribution in [3.63, 3.8) is 0 Å². The van der Waals surface area contributed by atoms with Crippen LogP contribution in [0.15, 0.2) is 24.3 Å². The van der Waals surface area contributed by atoms with Gasteiger partial charge in [-0.1, -0.05) is 18.2 Å². The Hall–Kier alpha value is -1.37. The molecule has 3 nitrogen and oxygen atoms in total. The maximum atomic E-state index is 9.25. The summed E-state index contributed by atoms with van der Waals surface area (Å²) in [5.41, 5.74) is 7.05. The van der Waals surface area contributed by atoms with Gasteiger partial charge < -0.3 is 10.8 Å². The summed E-state index contributed by atoms with van der Waals surface area (Å²) in [7, 11) is 0. The molecular weight excluding hydrogens is 176 g/mol. The highest BCUT2D eigenvalue weighted by Gasteiger charge is 2.42. The Balaban J connectivity index is 2.38. The molecule has 72 valence electrons. The van der Waals surface area contributed by atoms with Crippen LogP contribution >= 0.6 is 0 Å². The zero-order valence-corrected chi connectivity index (χ0v) is 7.77. The summed E-state index contributed by atoms with van der Waals surface area (Å²) in [6.45, 7) is 0. The summed E-state index contributed by atoms with van der Waals surface area (Å²) >= 11 is 0. The molecule has 0 heterocycles. The molecule has 0 saturated heterocycles. The van der Waals surface area contributed by atoms with Gasteiger partial charge in [0.25, 0.3) is 0 Å². The molecule has 1 saturated carbocycles. The molecule has 0 bridgehead atoms. The topological polar surface area (TPSA) is 70.0 Å². The molecule has 0 unspecified atom stereocenters. The van der Waals surface area contributed by atoms with Gasteiger partial charge in [-0.2, -0.15) is 5.26 Å². The Labute approximate surface area is 82.8 Å². The molecule has 1 aliphatic rings. The van der Waals surface area contributed by atoms with E-state index in [-0.39, 0.29) is 6.10 Å². The molecule has 2 rings (SSSR count). The molecule has 0 spiro atoms. The average Bonchev–Trinajstić information content (AvgIpc) is 2.15. The molecule has 1 aliphatic carbocycles. The molecule has 1 fully saturated rings. The normalized spacial score (nSPS) is 30.5. The molecule has 0 aliphatic heterocycles. The van der Waals surface area contributed by atoms with Crippen LogP contribution in [0.4, 0.5) is 0 Å². The number of nitrogens with zero attached hydrogens (tertiary/aromatic N) is 1. The third-order valence-corrected chi connectivity index (χ3v) is 2.78. The number of aliphatic hydroxyl groups is 1. The van der Waals surface area contributed by atoms with Gasteiger partial charge in [0.05, 0.1) is 17.7 Å². The van der Waals surface area contributed by atoms with Crippen molar-refractivity contribution < 1.29 is 5.11 Å². The highest BCUT2D eigenvalue weighted by molar-refractivity contribution is 5.43. The Morgan fingerprint density at radius 2 is 2.07 bits per heavy atom. The summed E-state index contributed by atoms with van der Waals surface area (Å²) in [5, 5.41) is 18.1. The van der Waals surface area contributed by atoms with Gasteiger partial charge in [0.15, 0.2) is 0 Å². The fraction of sp³-hybridized carbons (Fsp3) is 0.364. The first-order chi connectivity index (χ1) is 6.65. The van der Waals surface area contributed by atoms with E-state index in [1.54, 1.807) is 6.07 Å². The fourth-order valence-electron chi connectivity index (χ4n) is 2.02. The number of aliphatic hydroxyl groups excluding tert-OH is 1. The molecule has 0 aromatic heterocycles. The first-order valence-corrected chi connectivity index (χ1v) is 4.62. The Morgan fingerprint density at radius 3 is 2.64 bits per heavy atom. The SMILES string of the molecule is N#Cc1ccccc1C1(N)CC(O)C1. The number of nitriles is 1. The standard InChI is InChI=1S/C11H12N2O/c12-7-8-3-1-2-4-10(8)11(13)5-9(14)6-11/h1-4,9,14H,5-6,13H2. The van der Waals surface area contributed by atoms with Gasteiger partial charge in [-0.05, 0) is 24.5 Å². The third kappa shape index (κ3) is 1.29. The van der Waals surface area contributed by atoms with Crippen molar-refractivity contribution >= 4 is 0 Å². The number of benzene rings is 1. The van der Waals surface area contributed by atoms with Crippen LogP contribution in [0.3, 0.4) is 0 Å². The zero-order chi connectivity index (χ0) is 10.2. The first kappa shape index (κ1) is 9.20. The monoisotopic (exact) mass is 188 g/mol. The molecule has 0 radical (unpaired) electrons. The highest BCUT2D eigenvalue weighted by Crippen LogP contribution is 2.40. The van der Waals surface area contributed by atoms with Crippen LogP contribution in [-0.4, -0.2) is 11.2 Å². The van der Waals surface area contributed by atoms with Gasteiger partial charge in [0, 0.05) is 5.54 Å². The molecule has 1 aromatic rings. The minimum absolute atomic E-state index is 0.313. The van der Waals surface area contributed by atoms with Crippen LogP contribution in [0.2, 0.25) is 0 Å². The smallest absolute Gasteiger partial charge is 0.0995 e. The molecule has 0 amide bonds. The van der Waals surface area contributed by atoms with E-state index < -0.39 is 5.54 Å². The highest BCUT2D eigenvalue weighted by atomic mass is 16.3. The zero-order valence-electron chi connectivity index (χ0n) is 7.77. The quantitative estimate of drug-likeness (QED) is 0.687. The van der Waals surface area contributed by atoms with E-state index in [0.717, 1.165) is 5.56 Å². The summed E-state index contributed by atoms with van der Waals surface area (Å²) in [6.07, 6.45) is 0.781. The summed E-state index contributed by atoms with van der Waals surface area (Å²) in [4.78, 5) is 0. The second kappa shape index (κ2) is 3.09. The maximum Gasteiger partial charge on any atom is 0.0995 e. The fourth-order valence-corrected chi connectivity index (χ4v) is 2.02. The number of hydrogen-bond acceptors (Lipinski definition) is 3. The van der Waals surface area contributed by atoms with Crippen LogP contribution < -0.4 is 5.73 Å². The predicted octanol–water partition coefficient (Wildman–Crippen LogP) is 0.867.